The number of ether oxygens (including phenoxy) is 1. The zero-order valence-corrected chi connectivity index (χ0v) is 24.4. The summed E-state index contributed by atoms with van der Waals surface area (Å²) >= 11 is 0. The number of nitrogens with zero attached hydrogens (tertiary/aromatic N) is 5. The van der Waals surface area contributed by atoms with E-state index in [1.54, 1.807) is 32.5 Å². The van der Waals surface area contributed by atoms with E-state index in [9.17, 15) is 23.5 Å². The molecule has 2 saturated heterocycles. The highest BCUT2D eigenvalue weighted by Gasteiger charge is 2.34. The van der Waals surface area contributed by atoms with E-state index >= 15 is 0 Å². The van der Waals surface area contributed by atoms with Crippen molar-refractivity contribution < 1.29 is 28.2 Å². The maximum atomic E-state index is 14.8. The van der Waals surface area contributed by atoms with Crippen LogP contribution >= 0.6 is 0 Å². The van der Waals surface area contributed by atoms with Crippen LogP contribution in [-0.2, 0) is 4.79 Å². The molecule has 4 aromatic rings. The molecular formula is C31H33F2N7O4. The number of anilines is 2. The number of aliphatic hydroxyl groups is 1. The molecule has 2 fully saturated rings. The molecule has 1 unspecified atom stereocenters. The van der Waals surface area contributed by atoms with Crippen LogP contribution in [0.5, 0.6) is 5.75 Å². The van der Waals surface area contributed by atoms with Crippen LogP contribution in [0.3, 0.4) is 0 Å². The molecule has 0 aliphatic carbocycles. The highest BCUT2D eigenvalue weighted by atomic mass is 19.2. The fourth-order valence-electron chi connectivity index (χ4n) is 5.88. The highest BCUT2D eigenvalue weighted by Crippen LogP contribution is 2.32. The van der Waals surface area contributed by atoms with Crippen LogP contribution in [0, 0.1) is 24.5 Å². The summed E-state index contributed by atoms with van der Waals surface area (Å²) in [5.74, 6) is -2.48. The van der Waals surface area contributed by atoms with Crippen molar-refractivity contribution in [1.29, 1.82) is 0 Å². The molecule has 2 amide bonds. The smallest absolute Gasteiger partial charge is 0.254 e. The number of hydrogen-bond donors (Lipinski definition) is 3. The zero-order chi connectivity index (χ0) is 31.0. The summed E-state index contributed by atoms with van der Waals surface area (Å²) in [7, 11) is 1.27. The van der Waals surface area contributed by atoms with Gasteiger partial charge in [0.1, 0.15) is 0 Å². The largest absolute Gasteiger partial charge is 0.494 e. The zero-order valence-electron chi connectivity index (χ0n) is 24.4. The molecule has 2 aliphatic heterocycles. The third-order valence-corrected chi connectivity index (χ3v) is 8.34. The van der Waals surface area contributed by atoms with E-state index in [0.717, 1.165) is 5.56 Å². The number of hydrogen-bond acceptors (Lipinski definition) is 8. The van der Waals surface area contributed by atoms with Crippen LogP contribution < -0.4 is 15.4 Å². The van der Waals surface area contributed by atoms with E-state index in [2.05, 4.69) is 20.6 Å². The molecule has 44 heavy (non-hydrogen) atoms. The van der Waals surface area contributed by atoms with Crippen LogP contribution in [0.25, 0.3) is 16.9 Å². The number of rotatable bonds is 6. The van der Waals surface area contributed by atoms with E-state index in [0.29, 0.717) is 74.1 Å². The van der Waals surface area contributed by atoms with Crippen LogP contribution in [0.1, 0.15) is 22.3 Å². The molecule has 2 aromatic heterocycles. The minimum atomic E-state index is -1.08. The number of fused-ring (bicyclic) bond motifs is 1. The summed E-state index contributed by atoms with van der Waals surface area (Å²) in [6.45, 7) is 4.65. The second-order valence-electron chi connectivity index (χ2n) is 11.0. The number of carbonyl (C=O) groups excluding carboxylic acids is 2. The maximum absolute atomic E-state index is 14.8. The molecule has 2 aliphatic rings. The van der Waals surface area contributed by atoms with E-state index in [-0.39, 0.29) is 23.1 Å². The molecule has 230 valence electrons. The van der Waals surface area contributed by atoms with Gasteiger partial charge in [0.05, 0.1) is 31.0 Å². The summed E-state index contributed by atoms with van der Waals surface area (Å²) in [6, 6.07) is 8.14. The fraction of sp³-hybridized carbons (Fsp3) is 0.355. The van der Waals surface area contributed by atoms with Gasteiger partial charge in [-0.15, -0.1) is 0 Å². The molecule has 0 saturated carbocycles. The molecule has 6 rings (SSSR count). The predicted octanol–water partition coefficient (Wildman–Crippen LogP) is 2.99. The Morgan fingerprint density at radius 3 is 2.57 bits per heavy atom. The fourth-order valence-corrected chi connectivity index (χ4v) is 5.88. The molecule has 0 radical (unpaired) electrons. The number of amides is 2. The molecule has 0 bridgehead atoms. The van der Waals surface area contributed by atoms with Gasteiger partial charge in [-0.25, -0.2) is 14.4 Å². The molecular weight excluding hydrogens is 572 g/mol. The number of aryl methyl sites for hydroxylation is 1. The lowest BCUT2D eigenvalue weighted by Crippen LogP contribution is -2.55. The minimum Gasteiger partial charge on any atom is -0.494 e. The second-order valence-corrected chi connectivity index (χ2v) is 11.0. The predicted molar refractivity (Wildman–Crippen MR) is 159 cm³/mol. The maximum Gasteiger partial charge on any atom is 0.254 e. The number of β-amino-alcohol motifs (C(OH)–C–C–N with tert-alkyl or cyclic N) is 1. The first-order chi connectivity index (χ1) is 21.3. The number of aromatic nitrogens is 3. The third-order valence-electron chi connectivity index (χ3n) is 8.34. The van der Waals surface area contributed by atoms with E-state index in [1.165, 1.54) is 31.6 Å². The lowest BCUT2D eigenvalue weighted by Gasteiger charge is -2.38. The lowest BCUT2D eigenvalue weighted by atomic mass is 9.93. The van der Waals surface area contributed by atoms with Gasteiger partial charge in [-0.2, -0.15) is 4.39 Å². The van der Waals surface area contributed by atoms with Crippen molar-refractivity contribution in [2.24, 2.45) is 5.92 Å². The van der Waals surface area contributed by atoms with Crippen molar-refractivity contribution in [3.05, 3.63) is 71.7 Å². The van der Waals surface area contributed by atoms with E-state index in [1.807, 2.05) is 13.0 Å². The van der Waals surface area contributed by atoms with Crippen molar-refractivity contribution >= 4 is 29.0 Å². The van der Waals surface area contributed by atoms with Crippen molar-refractivity contribution in [2.75, 3.05) is 51.7 Å². The monoisotopic (exact) mass is 605 g/mol. The summed E-state index contributed by atoms with van der Waals surface area (Å²) in [6.07, 6.45) is 4.50. The average molecular weight is 606 g/mol. The first-order valence-corrected chi connectivity index (χ1v) is 14.5. The molecule has 11 nitrogen and oxygen atoms in total. The van der Waals surface area contributed by atoms with Crippen LogP contribution in [-0.4, -0.2) is 93.6 Å². The number of halogens is 2. The number of benzene rings is 2. The summed E-state index contributed by atoms with van der Waals surface area (Å²) in [5, 5.41) is 16.5. The topological polar surface area (TPSA) is 124 Å². The normalized spacial score (nSPS) is 18.8. The molecule has 0 spiro atoms. The third kappa shape index (κ3) is 5.44. The Morgan fingerprint density at radius 2 is 1.84 bits per heavy atom. The Labute approximate surface area is 252 Å². The van der Waals surface area contributed by atoms with Crippen molar-refractivity contribution in [3.8, 4) is 17.0 Å². The standard InChI is InChI=1S/C31H33F2N7O4/c1-18-15-19(3-4-20(18)30(42)38-11-13-39(14-12-38)31(43)22-7-8-34-17-24(22)41)37-28-29-36-16-23(40(29)10-9-35-28)21-5-6-25(44-2)27(33)26(21)32/h3-6,9-10,15-16,22,24,34,41H,7-8,11-14,17H2,1-2H3,(H,35,37)/t22-,24?/m1/s1. The van der Waals surface area contributed by atoms with Gasteiger partial charge in [-0.1, -0.05) is 0 Å². The lowest BCUT2D eigenvalue weighted by molar-refractivity contribution is -0.141. The van der Waals surface area contributed by atoms with Gasteiger partial charge in [0.15, 0.2) is 23.0 Å². The number of methoxy groups -OCH3 is 1. The van der Waals surface area contributed by atoms with Crippen LogP contribution in [0.15, 0.2) is 48.9 Å². The van der Waals surface area contributed by atoms with E-state index < -0.39 is 23.7 Å². The Morgan fingerprint density at radius 1 is 1.07 bits per heavy atom. The number of imidazole rings is 1. The van der Waals surface area contributed by atoms with Gasteiger partial charge in [0.25, 0.3) is 5.91 Å². The van der Waals surface area contributed by atoms with Gasteiger partial charge in [0.2, 0.25) is 11.7 Å². The quantitative estimate of drug-likeness (QED) is 0.307. The van der Waals surface area contributed by atoms with E-state index in [4.69, 9.17) is 4.74 Å². The number of aliphatic hydroxyl groups excluding tert-OH is 1. The average Bonchev–Trinajstić information content (AvgIpc) is 3.47. The van der Waals surface area contributed by atoms with Crippen molar-refractivity contribution in [3.63, 3.8) is 0 Å². The summed E-state index contributed by atoms with van der Waals surface area (Å²) in [4.78, 5) is 38.6. The Balaban J connectivity index is 1.14. The first kappa shape index (κ1) is 29.5. The highest BCUT2D eigenvalue weighted by molar-refractivity contribution is 5.96. The molecule has 2 aromatic carbocycles. The SMILES string of the molecule is COc1ccc(-c2cnc3c(Nc4ccc(C(=O)N5CCN(C(=O)[C@@H]6CCNCC6O)CC5)c(C)c4)nccn23)c(F)c1F. The van der Waals surface area contributed by atoms with Gasteiger partial charge < -0.3 is 30.3 Å². The van der Waals surface area contributed by atoms with Gasteiger partial charge in [0, 0.05) is 61.9 Å². The van der Waals surface area contributed by atoms with Crippen LogP contribution in [0.4, 0.5) is 20.3 Å². The second kappa shape index (κ2) is 12.2. The Kier molecular flexibility index (Phi) is 8.15. The Bertz CT molecular complexity index is 1720. The number of piperazine rings is 1. The minimum absolute atomic E-state index is 0.0285. The molecule has 4 heterocycles. The summed E-state index contributed by atoms with van der Waals surface area (Å²) in [5.41, 5.74) is 2.75. The van der Waals surface area contributed by atoms with Crippen molar-refractivity contribution in [2.45, 2.75) is 19.4 Å². The summed E-state index contributed by atoms with van der Waals surface area (Å²) < 4.78 is 35.7. The first-order valence-electron chi connectivity index (χ1n) is 14.5. The number of nitrogens with one attached hydrogen (secondary N) is 2. The molecule has 13 heteroatoms. The number of piperidine rings is 1. The number of carbonyl (C=O) groups is 2. The molecule has 3 N–H and O–H groups in total. The molecule has 2 atom stereocenters. The Hall–Kier alpha value is -4.62. The van der Waals surface area contributed by atoms with Gasteiger partial charge >= 0.3 is 0 Å². The van der Waals surface area contributed by atoms with Crippen molar-refractivity contribution in [1.82, 2.24) is 29.5 Å². The van der Waals surface area contributed by atoms with Gasteiger partial charge in [-0.05, 0) is 55.8 Å². The van der Waals surface area contributed by atoms with Gasteiger partial charge in [-0.3, -0.25) is 14.0 Å². The van der Waals surface area contributed by atoms with Crippen LogP contribution in [0.2, 0.25) is 0 Å².